The number of hydrogen-bond donors (Lipinski definition) is 0. The number of benzene rings is 7. The summed E-state index contributed by atoms with van der Waals surface area (Å²) < 4.78 is 53.7. The molecule has 7 aromatic carbocycles. The van der Waals surface area contributed by atoms with Gasteiger partial charge >= 0.3 is 0 Å². The molecule has 0 amide bonds. The Balaban J connectivity index is 1.60. The van der Waals surface area contributed by atoms with E-state index in [9.17, 15) is 0 Å². The minimum Gasteiger partial charge on any atom is -0.493 e. The second-order valence-corrected chi connectivity index (χ2v) is 17.9. The molecule has 8 rings (SSSR count). The van der Waals surface area contributed by atoms with Crippen LogP contribution in [-0.2, 0) is 0 Å². The van der Waals surface area contributed by atoms with Crippen molar-refractivity contribution in [1.82, 2.24) is 4.98 Å². The second kappa shape index (κ2) is 22.8. The smallest absolute Gasteiger partial charge is 0.227 e. The highest BCUT2D eigenvalue weighted by atomic mass is 16.5. The first-order valence-corrected chi connectivity index (χ1v) is 25.4. The number of fused-ring (bicyclic) bond motifs is 8. The molecule has 0 spiro atoms. The molecule has 0 atom stereocenters. The van der Waals surface area contributed by atoms with Gasteiger partial charge in [0.1, 0.15) is 5.52 Å². The molecule has 0 N–H and O–H groups in total. The number of aromatic nitrogens is 1. The Kier molecular flexibility index (Phi) is 16.2. The third-order valence-corrected chi connectivity index (χ3v) is 13.0. The van der Waals surface area contributed by atoms with Gasteiger partial charge in [0, 0.05) is 32.5 Å². The van der Waals surface area contributed by atoms with Crippen LogP contribution in [0.25, 0.3) is 76.4 Å². The van der Waals surface area contributed by atoms with Crippen molar-refractivity contribution in [3.63, 3.8) is 0 Å². The molecular formula is C58H71NO8. The molecule has 1 heterocycles. The molecule has 0 saturated heterocycles. The lowest BCUT2D eigenvalue weighted by atomic mass is 9.84. The molecule has 0 fully saturated rings. The Morgan fingerprint density at radius 2 is 0.821 bits per heavy atom. The van der Waals surface area contributed by atoms with E-state index in [2.05, 4.69) is 65.0 Å². The van der Waals surface area contributed by atoms with E-state index in [-0.39, 0.29) is 0 Å². The third-order valence-electron chi connectivity index (χ3n) is 13.0. The Morgan fingerprint density at radius 1 is 0.403 bits per heavy atom. The minimum atomic E-state index is 0.514. The topological polar surface area (TPSA) is 90.6 Å². The molecular weight excluding hydrogens is 839 g/mol. The number of oxazole rings is 1. The molecule has 0 aliphatic heterocycles. The molecule has 0 radical (unpaired) electrons. The van der Waals surface area contributed by atoms with Gasteiger partial charge in [0.15, 0.2) is 45.8 Å². The van der Waals surface area contributed by atoms with Crippen molar-refractivity contribution in [2.45, 2.75) is 131 Å². The fraction of sp³-hybridized carbons (Fsp3) is 0.466. The first-order chi connectivity index (χ1) is 33.0. The van der Waals surface area contributed by atoms with E-state index in [1.165, 1.54) is 0 Å². The lowest BCUT2D eigenvalue weighted by molar-refractivity contribution is 0.260. The van der Waals surface area contributed by atoms with E-state index in [1.54, 1.807) is 14.2 Å². The van der Waals surface area contributed by atoms with Gasteiger partial charge in [-0.2, -0.15) is 0 Å². The molecule has 8 aromatic rings. The van der Waals surface area contributed by atoms with Crippen molar-refractivity contribution in [2.75, 3.05) is 47.3 Å². The minimum absolute atomic E-state index is 0.514. The van der Waals surface area contributed by atoms with Crippen molar-refractivity contribution in [1.29, 1.82) is 0 Å². The van der Waals surface area contributed by atoms with Crippen molar-refractivity contribution >= 4 is 65.0 Å². The molecule has 0 aliphatic carbocycles. The second-order valence-electron chi connectivity index (χ2n) is 17.9. The van der Waals surface area contributed by atoms with Crippen molar-refractivity contribution in [3.05, 3.63) is 60.7 Å². The Hall–Kier alpha value is -5.83. The Bertz CT molecular complexity index is 2880. The summed E-state index contributed by atoms with van der Waals surface area (Å²) in [5.41, 5.74) is 2.21. The average Bonchev–Trinajstić information content (AvgIpc) is 3.81. The summed E-state index contributed by atoms with van der Waals surface area (Å²) in [7, 11) is 3.38. The van der Waals surface area contributed by atoms with Gasteiger partial charge in [-0.05, 0) is 101 Å². The SMILES string of the molecule is CCCCCOc1cc2c(cc1OCCCCC)c1c3nc(-c4ccccc4)oc3c(OCCCCC)c3c4cc(OC)c(OC)cc4c4c(OCCCCC)c(OCCCCC)cc2c4c31. The normalized spacial score (nSPS) is 11.8. The average molecular weight is 910 g/mol. The van der Waals surface area contributed by atoms with E-state index < -0.39 is 0 Å². The summed E-state index contributed by atoms with van der Waals surface area (Å²) in [6, 6.07) is 20.9. The summed E-state index contributed by atoms with van der Waals surface area (Å²) in [5, 5.41) is 9.72. The number of ether oxygens (including phenoxy) is 7. The van der Waals surface area contributed by atoms with Crippen molar-refractivity contribution < 1.29 is 37.6 Å². The van der Waals surface area contributed by atoms with E-state index in [0.29, 0.717) is 61.8 Å². The summed E-state index contributed by atoms with van der Waals surface area (Å²) in [6.45, 7) is 13.9. The molecule has 9 nitrogen and oxygen atoms in total. The van der Waals surface area contributed by atoms with E-state index in [4.69, 9.17) is 42.6 Å². The zero-order valence-electron chi connectivity index (χ0n) is 41.1. The maximum atomic E-state index is 7.08. The van der Waals surface area contributed by atoms with Gasteiger partial charge in [0.05, 0.1) is 47.3 Å². The molecule has 67 heavy (non-hydrogen) atoms. The Labute approximate surface area is 396 Å². The summed E-state index contributed by atoms with van der Waals surface area (Å²) >= 11 is 0. The zero-order valence-corrected chi connectivity index (χ0v) is 41.1. The number of hydrogen-bond acceptors (Lipinski definition) is 9. The standard InChI is InChI=1S/C58H71NO8/c1-8-13-21-28-62-46-33-39-40-37-48(64-30-23-15-10-3)55(65-31-24-16-11-4)51-42-34-44(60-6)45(61-7)35-43(42)52-53(49(40)51)50(41(39)36-47(46)63-29-22-14-9-2)54-57(56(52)66-32-25-17-12-5)67-58(59-54)38-26-19-18-20-27-38/h18-20,26-27,33-37H,8-17,21-25,28-32H2,1-7H3. The summed E-state index contributed by atoms with van der Waals surface area (Å²) in [5.74, 6) is 5.30. The van der Waals surface area contributed by atoms with Crippen LogP contribution < -0.4 is 33.2 Å². The van der Waals surface area contributed by atoms with Crippen LogP contribution in [0.15, 0.2) is 65.1 Å². The lowest BCUT2D eigenvalue weighted by Gasteiger charge is -2.25. The van der Waals surface area contributed by atoms with Crippen LogP contribution in [0.2, 0.25) is 0 Å². The van der Waals surface area contributed by atoms with Gasteiger partial charge in [-0.1, -0.05) is 117 Å². The maximum Gasteiger partial charge on any atom is 0.227 e. The fourth-order valence-electron chi connectivity index (χ4n) is 9.51. The highest BCUT2D eigenvalue weighted by Gasteiger charge is 2.31. The van der Waals surface area contributed by atoms with Gasteiger partial charge in [-0.15, -0.1) is 0 Å². The first kappa shape index (κ1) is 47.7. The van der Waals surface area contributed by atoms with Gasteiger partial charge in [-0.3, -0.25) is 0 Å². The molecule has 0 aliphatic rings. The zero-order chi connectivity index (χ0) is 46.7. The largest absolute Gasteiger partial charge is 0.493 e. The van der Waals surface area contributed by atoms with Gasteiger partial charge in [0.25, 0.3) is 0 Å². The highest BCUT2D eigenvalue weighted by molar-refractivity contribution is 6.45. The molecule has 9 heteroatoms. The number of unbranched alkanes of at least 4 members (excludes halogenated alkanes) is 10. The number of methoxy groups -OCH3 is 2. The molecule has 1 aromatic heterocycles. The number of nitrogens with zero attached hydrogens (tertiary/aromatic N) is 1. The fourth-order valence-corrected chi connectivity index (χ4v) is 9.51. The van der Waals surface area contributed by atoms with Crippen LogP contribution >= 0.6 is 0 Å². The highest BCUT2D eigenvalue weighted by Crippen LogP contribution is 2.57. The van der Waals surface area contributed by atoms with Crippen LogP contribution in [0, 0.1) is 0 Å². The first-order valence-electron chi connectivity index (χ1n) is 25.4. The predicted octanol–water partition coefficient (Wildman–Crippen LogP) is 16.6. The molecule has 0 unspecified atom stereocenters. The van der Waals surface area contributed by atoms with Crippen LogP contribution in [0.5, 0.6) is 40.2 Å². The predicted molar refractivity (Wildman–Crippen MR) is 276 cm³/mol. The van der Waals surface area contributed by atoms with E-state index >= 15 is 0 Å². The quantitative estimate of drug-likeness (QED) is 0.0271. The van der Waals surface area contributed by atoms with Crippen LogP contribution in [0.3, 0.4) is 0 Å². The van der Waals surface area contributed by atoms with Gasteiger partial charge < -0.3 is 37.6 Å². The van der Waals surface area contributed by atoms with E-state index in [0.717, 1.165) is 184 Å². The van der Waals surface area contributed by atoms with Crippen LogP contribution in [0.4, 0.5) is 0 Å². The number of rotatable bonds is 28. The molecule has 356 valence electrons. The summed E-state index contributed by atoms with van der Waals surface area (Å²) in [6.07, 6.45) is 15.5. The Morgan fingerprint density at radius 3 is 1.34 bits per heavy atom. The molecule has 0 saturated carbocycles. The summed E-state index contributed by atoms with van der Waals surface area (Å²) in [4.78, 5) is 5.44. The van der Waals surface area contributed by atoms with Gasteiger partial charge in [-0.25, -0.2) is 4.98 Å². The van der Waals surface area contributed by atoms with Crippen LogP contribution in [0.1, 0.15) is 131 Å². The molecule has 0 bridgehead atoms. The van der Waals surface area contributed by atoms with E-state index in [1.807, 2.05) is 30.3 Å². The third kappa shape index (κ3) is 9.80. The lowest BCUT2D eigenvalue weighted by Crippen LogP contribution is -2.06. The van der Waals surface area contributed by atoms with Crippen LogP contribution in [-0.4, -0.2) is 52.2 Å². The van der Waals surface area contributed by atoms with Crippen molar-refractivity contribution in [3.8, 4) is 51.7 Å². The maximum absolute atomic E-state index is 7.08. The monoisotopic (exact) mass is 910 g/mol. The van der Waals surface area contributed by atoms with Gasteiger partial charge in [0.2, 0.25) is 5.89 Å². The van der Waals surface area contributed by atoms with Crippen molar-refractivity contribution in [2.24, 2.45) is 0 Å².